The van der Waals surface area contributed by atoms with Crippen molar-refractivity contribution in [1.29, 1.82) is 0 Å². The average Bonchev–Trinajstić information content (AvgIpc) is 2.13. The van der Waals surface area contributed by atoms with Gasteiger partial charge in [-0.25, -0.2) is 0 Å². The number of halogens is 2. The number of rotatable bonds is 2. The van der Waals surface area contributed by atoms with Gasteiger partial charge >= 0.3 is 0 Å². The predicted octanol–water partition coefficient (Wildman–Crippen LogP) is 2.08. The normalized spacial score (nSPS) is 10.5. The molecule has 0 atom stereocenters. The van der Waals surface area contributed by atoms with Gasteiger partial charge in [0.15, 0.2) is 5.11 Å². The number of nitrogens with zero attached hydrogens (tertiary/aromatic N) is 1. The van der Waals surface area contributed by atoms with Crippen LogP contribution in [-0.4, -0.2) is 16.4 Å². The molecule has 0 aromatic heterocycles. The van der Waals surface area contributed by atoms with E-state index in [1.54, 1.807) is 12.1 Å². The zero-order chi connectivity index (χ0) is 11.4. The van der Waals surface area contributed by atoms with E-state index in [4.69, 9.17) is 5.73 Å². The fraction of sp³-hybridized carbons (Fsp3) is 0. The standard InChI is InChI=1S/C8H7Br2N3OS/c9-5-2-6(10)7(14)1-4(5)3-12-13-8(11)15/h1-3,14H,(H3,11,13,15). The van der Waals surface area contributed by atoms with Crippen LogP contribution in [0.25, 0.3) is 0 Å². The topological polar surface area (TPSA) is 70.6 Å². The predicted molar refractivity (Wildman–Crippen MR) is 71.0 cm³/mol. The summed E-state index contributed by atoms with van der Waals surface area (Å²) in [6.07, 6.45) is 1.50. The molecule has 0 aliphatic rings. The van der Waals surface area contributed by atoms with Crippen LogP contribution in [0.5, 0.6) is 5.75 Å². The van der Waals surface area contributed by atoms with Crippen molar-refractivity contribution in [3.63, 3.8) is 0 Å². The quantitative estimate of drug-likeness (QED) is 0.433. The highest BCUT2D eigenvalue weighted by Crippen LogP contribution is 2.29. The molecule has 80 valence electrons. The van der Waals surface area contributed by atoms with Crippen LogP contribution in [-0.2, 0) is 0 Å². The van der Waals surface area contributed by atoms with E-state index in [0.717, 1.165) is 4.47 Å². The lowest BCUT2D eigenvalue weighted by atomic mass is 10.2. The molecule has 7 heteroatoms. The second-order valence-corrected chi connectivity index (χ2v) is 4.71. The molecule has 1 rings (SSSR count). The first-order valence-electron chi connectivity index (χ1n) is 3.77. The largest absolute Gasteiger partial charge is 0.507 e. The highest BCUT2D eigenvalue weighted by Gasteiger charge is 2.03. The molecule has 1 aromatic carbocycles. The van der Waals surface area contributed by atoms with Gasteiger partial charge in [-0.1, -0.05) is 15.9 Å². The summed E-state index contributed by atoms with van der Waals surface area (Å²) < 4.78 is 1.40. The van der Waals surface area contributed by atoms with E-state index in [-0.39, 0.29) is 10.9 Å². The van der Waals surface area contributed by atoms with Gasteiger partial charge in [-0.2, -0.15) is 5.10 Å². The van der Waals surface area contributed by atoms with Crippen LogP contribution in [0, 0.1) is 0 Å². The third-order valence-corrected chi connectivity index (χ3v) is 2.86. The van der Waals surface area contributed by atoms with Crippen LogP contribution in [0.2, 0.25) is 0 Å². The van der Waals surface area contributed by atoms with E-state index >= 15 is 0 Å². The molecule has 0 unspecified atom stereocenters. The maximum atomic E-state index is 9.43. The Kier molecular flexibility index (Phi) is 4.49. The molecule has 0 bridgehead atoms. The number of nitrogens with two attached hydrogens (primary N) is 1. The van der Waals surface area contributed by atoms with Gasteiger partial charge in [-0.05, 0) is 40.3 Å². The summed E-state index contributed by atoms with van der Waals surface area (Å²) in [6, 6.07) is 3.27. The average molecular weight is 353 g/mol. The molecular formula is C8H7Br2N3OS. The number of nitrogens with one attached hydrogen (secondary N) is 1. The van der Waals surface area contributed by atoms with Crippen LogP contribution in [0.4, 0.5) is 0 Å². The van der Waals surface area contributed by atoms with Crippen molar-refractivity contribution >= 4 is 55.4 Å². The van der Waals surface area contributed by atoms with E-state index in [2.05, 4.69) is 54.6 Å². The number of aromatic hydroxyl groups is 1. The number of thiocarbonyl (C=S) groups is 1. The van der Waals surface area contributed by atoms with Gasteiger partial charge in [0.05, 0.1) is 10.7 Å². The van der Waals surface area contributed by atoms with Crippen LogP contribution in [0.3, 0.4) is 0 Å². The van der Waals surface area contributed by atoms with Crippen molar-refractivity contribution in [2.45, 2.75) is 0 Å². The lowest BCUT2D eigenvalue weighted by Gasteiger charge is -2.02. The third kappa shape index (κ3) is 3.77. The molecule has 0 aliphatic heterocycles. The van der Waals surface area contributed by atoms with E-state index in [1.165, 1.54) is 6.21 Å². The number of hydrogen-bond acceptors (Lipinski definition) is 3. The molecule has 0 saturated heterocycles. The maximum absolute atomic E-state index is 9.43. The molecule has 4 N–H and O–H groups in total. The first-order valence-corrected chi connectivity index (χ1v) is 5.76. The monoisotopic (exact) mass is 351 g/mol. The van der Waals surface area contributed by atoms with Gasteiger partial charge < -0.3 is 10.8 Å². The molecule has 0 fully saturated rings. The number of benzene rings is 1. The summed E-state index contributed by atoms with van der Waals surface area (Å²) >= 11 is 11.1. The second-order valence-electron chi connectivity index (χ2n) is 2.56. The summed E-state index contributed by atoms with van der Waals surface area (Å²) in [4.78, 5) is 0. The van der Waals surface area contributed by atoms with Crippen LogP contribution in [0.15, 0.2) is 26.2 Å². The molecule has 0 radical (unpaired) electrons. The van der Waals surface area contributed by atoms with Crippen LogP contribution < -0.4 is 11.2 Å². The Hall–Kier alpha value is -0.660. The van der Waals surface area contributed by atoms with Gasteiger partial charge in [0.1, 0.15) is 5.75 Å². The van der Waals surface area contributed by atoms with Gasteiger partial charge in [0, 0.05) is 10.0 Å². The maximum Gasteiger partial charge on any atom is 0.184 e. The fourth-order valence-corrected chi connectivity index (χ4v) is 1.97. The summed E-state index contributed by atoms with van der Waals surface area (Å²) in [7, 11) is 0. The zero-order valence-electron chi connectivity index (χ0n) is 7.37. The van der Waals surface area contributed by atoms with E-state index < -0.39 is 0 Å². The first kappa shape index (κ1) is 12.4. The zero-order valence-corrected chi connectivity index (χ0v) is 11.4. The Morgan fingerprint density at radius 3 is 2.73 bits per heavy atom. The lowest BCUT2D eigenvalue weighted by Crippen LogP contribution is -2.24. The molecule has 0 saturated carbocycles. The Morgan fingerprint density at radius 2 is 2.13 bits per heavy atom. The van der Waals surface area contributed by atoms with Gasteiger partial charge in [-0.3, -0.25) is 5.43 Å². The minimum absolute atomic E-state index is 0.0868. The molecule has 15 heavy (non-hydrogen) atoms. The van der Waals surface area contributed by atoms with Crippen molar-refractivity contribution in [3.05, 3.63) is 26.6 Å². The van der Waals surface area contributed by atoms with Crippen LogP contribution in [0.1, 0.15) is 5.56 Å². The minimum atomic E-state index is 0.0868. The Morgan fingerprint density at radius 1 is 1.47 bits per heavy atom. The number of phenolic OH excluding ortho intramolecular Hbond substituents is 1. The number of hydrazone groups is 1. The molecule has 4 nitrogen and oxygen atoms in total. The molecule has 0 spiro atoms. The summed E-state index contributed by atoms with van der Waals surface area (Å²) in [5.74, 6) is 0.134. The van der Waals surface area contributed by atoms with Crippen molar-refractivity contribution in [3.8, 4) is 5.75 Å². The molecule has 0 heterocycles. The Labute approximate surface area is 109 Å². The number of hydrogen-bond donors (Lipinski definition) is 3. The first-order chi connectivity index (χ1) is 7.00. The van der Waals surface area contributed by atoms with Gasteiger partial charge in [-0.15, -0.1) is 0 Å². The summed E-state index contributed by atoms with van der Waals surface area (Å²) in [5, 5.41) is 13.3. The molecular weight excluding hydrogens is 346 g/mol. The van der Waals surface area contributed by atoms with Crippen LogP contribution >= 0.6 is 44.1 Å². The fourth-order valence-electron chi connectivity index (χ4n) is 0.818. The molecule has 1 aromatic rings. The van der Waals surface area contributed by atoms with Crippen molar-refractivity contribution in [2.75, 3.05) is 0 Å². The third-order valence-electron chi connectivity index (χ3n) is 1.44. The molecule has 0 amide bonds. The second kappa shape index (κ2) is 5.43. The number of phenols is 1. The van der Waals surface area contributed by atoms with E-state index in [9.17, 15) is 5.11 Å². The Balaban J connectivity index is 2.90. The highest BCUT2D eigenvalue weighted by molar-refractivity contribution is 9.11. The smallest absolute Gasteiger partial charge is 0.184 e. The van der Waals surface area contributed by atoms with Gasteiger partial charge in [0.25, 0.3) is 0 Å². The summed E-state index contributed by atoms with van der Waals surface area (Å²) in [5.41, 5.74) is 8.31. The van der Waals surface area contributed by atoms with E-state index in [0.29, 0.717) is 10.0 Å². The van der Waals surface area contributed by atoms with Crippen molar-refractivity contribution < 1.29 is 5.11 Å². The Bertz CT molecular complexity index is 423. The van der Waals surface area contributed by atoms with Crippen molar-refractivity contribution in [1.82, 2.24) is 5.43 Å². The highest BCUT2D eigenvalue weighted by atomic mass is 79.9. The van der Waals surface area contributed by atoms with E-state index in [1.807, 2.05) is 0 Å². The lowest BCUT2D eigenvalue weighted by molar-refractivity contribution is 0.471. The summed E-state index contributed by atoms with van der Waals surface area (Å²) in [6.45, 7) is 0. The molecule has 0 aliphatic carbocycles. The van der Waals surface area contributed by atoms with Gasteiger partial charge in [0.2, 0.25) is 0 Å². The SMILES string of the molecule is NC(=S)NN=Cc1cc(O)c(Br)cc1Br. The minimum Gasteiger partial charge on any atom is -0.507 e. The van der Waals surface area contributed by atoms with Crippen molar-refractivity contribution in [2.24, 2.45) is 10.8 Å².